The number of hydrogen-bond donors (Lipinski definition) is 0. The first kappa shape index (κ1) is 22.4. The number of aromatic nitrogens is 2. The predicted octanol–water partition coefficient (Wildman–Crippen LogP) is 4.09. The molecular weight excluding hydrogens is 424 g/mol. The van der Waals surface area contributed by atoms with Crippen molar-refractivity contribution in [1.29, 1.82) is 0 Å². The Labute approximate surface area is 192 Å². The Morgan fingerprint density at radius 3 is 2.59 bits per heavy atom. The maximum Gasteiger partial charge on any atom is 0.256 e. The van der Waals surface area contributed by atoms with Crippen LogP contribution in [0.4, 0.5) is 5.69 Å². The van der Waals surface area contributed by atoms with E-state index in [4.69, 9.17) is 9.26 Å². The number of benzene rings is 1. The summed E-state index contributed by atoms with van der Waals surface area (Å²) in [5.74, 6) is 1.42. The smallest absolute Gasteiger partial charge is 0.256 e. The molecule has 0 bridgehead atoms. The monoisotopic (exact) mass is 452 g/mol. The van der Waals surface area contributed by atoms with Gasteiger partial charge in [-0.2, -0.15) is 0 Å². The van der Waals surface area contributed by atoms with Crippen LogP contribution in [0, 0.1) is 13.8 Å². The standard InChI is InChI=1S/C24H28N4O3S/c1-17-22(18(2)31-26-17)16-32-23-21(5-4-10-25-23)24(29)27(3)15-19-6-8-20(9-7-19)28-11-13-30-14-12-28/h4-10H,11-16H2,1-3H3. The SMILES string of the molecule is Cc1noc(C)c1CSc1ncccc1C(=O)N(C)Cc1ccc(N2CCOCC2)cc1. The molecule has 8 heteroatoms. The summed E-state index contributed by atoms with van der Waals surface area (Å²) in [6.45, 7) is 7.71. The second-order valence-electron chi connectivity index (χ2n) is 7.87. The van der Waals surface area contributed by atoms with Crippen LogP contribution < -0.4 is 4.90 Å². The van der Waals surface area contributed by atoms with E-state index in [0.717, 1.165) is 48.9 Å². The molecule has 0 N–H and O–H groups in total. The number of aryl methyl sites for hydroxylation is 2. The Morgan fingerprint density at radius 1 is 1.16 bits per heavy atom. The van der Waals surface area contributed by atoms with E-state index in [1.165, 1.54) is 17.4 Å². The summed E-state index contributed by atoms with van der Waals surface area (Å²) in [5, 5.41) is 4.72. The molecule has 1 aromatic carbocycles. The highest BCUT2D eigenvalue weighted by Crippen LogP contribution is 2.28. The number of pyridine rings is 1. The molecule has 2 aromatic heterocycles. The second-order valence-corrected chi connectivity index (χ2v) is 8.84. The van der Waals surface area contributed by atoms with E-state index in [1.54, 1.807) is 17.2 Å². The van der Waals surface area contributed by atoms with E-state index in [0.29, 0.717) is 22.9 Å². The van der Waals surface area contributed by atoms with E-state index in [2.05, 4.69) is 39.3 Å². The van der Waals surface area contributed by atoms with Crippen molar-refractivity contribution in [2.24, 2.45) is 0 Å². The Bertz CT molecular complexity index is 1040. The number of amides is 1. The number of thioether (sulfide) groups is 1. The maximum absolute atomic E-state index is 13.2. The van der Waals surface area contributed by atoms with E-state index < -0.39 is 0 Å². The molecule has 32 heavy (non-hydrogen) atoms. The van der Waals surface area contributed by atoms with Crippen LogP contribution in [0.5, 0.6) is 0 Å². The minimum absolute atomic E-state index is 0.0448. The van der Waals surface area contributed by atoms with Crippen molar-refractivity contribution in [3.05, 3.63) is 70.7 Å². The molecule has 0 atom stereocenters. The summed E-state index contributed by atoms with van der Waals surface area (Å²) in [6.07, 6.45) is 1.72. The first-order valence-electron chi connectivity index (χ1n) is 10.7. The number of nitrogens with zero attached hydrogens (tertiary/aromatic N) is 4. The maximum atomic E-state index is 13.2. The van der Waals surface area contributed by atoms with Crippen LogP contribution in [-0.2, 0) is 17.0 Å². The predicted molar refractivity (Wildman–Crippen MR) is 125 cm³/mol. The lowest BCUT2D eigenvalue weighted by atomic mass is 10.1. The van der Waals surface area contributed by atoms with Crippen molar-refractivity contribution in [3.8, 4) is 0 Å². The highest BCUT2D eigenvalue weighted by molar-refractivity contribution is 7.98. The zero-order valence-corrected chi connectivity index (χ0v) is 19.5. The summed E-state index contributed by atoms with van der Waals surface area (Å²) >= 11 is 1.53. The van der Waals surface area contributed by atoms with Crippen LogP contribution >= 0.6 is 11.8 Å². The lowest BCUT2D eigenvalue weighted by molar-refractivity contribution is 0.0781. The summed E-state index contributed by atoms with van der Waals surface area (Å²) in [6, 6.07) is 12.1. The van der Waals surface area contributed by atoms with Crippen molar-refractivity contribution in [2.75, 3.05) is 38.3 Å². The van der Waals surface area contributed by atoms with Gasteiger partial charge < -0.3 is 19.1 Å². The van der Waals surface area contributed by atoms with Gasteiger partial charge in [0.25, 0.3) is 5.91 Å². The lowest BCUT2D eigenvalue weighted by Crippen LogP contribution is -2.36. The number of anilines is 1. The van der Waals surface area contributed by atoms with Gasteiger partial charge in [0.05, 0.1) is 24.5 Å². The fraction of sp³-hybridized carbons (Fsp3) is 0.375. The molecule has 1 aliphatic rings. The fourth-order valence-corrected chi connectivity index (χ4v) is 4.84. The van der Waals surface area contributed by atoms with Crippen molar-refractivity contribution < 1.29 is 14.1 Å². The van der Waals surface area contributed by atoms with Gasteiger partial charge in [-0.3, -0.25) is 4.79 Å². The number of rotatable bonds is 7. The number of carbonyl (C=O) groups excluding carboxylic acids is 1. The number of morpholine rings is 1. The van der Waals surface area contributed by atoms with Crippen molar-refractivity contribution in [2.45, 2.75) is 31.2 Å². The van der Waals surface area contributed by atoms with Gasteiger partial charge in [0, 0.05) is 49.9 Å². The van der Waals surface area contributed by atoms with Crippen LogP contribution in [0.15, 0.2) is 52.1 Å². The minimum atomic E-state index is -0.0448. The third kappa shape index (κ3) is 5.14. The quantitative estimate of drug-likeness (QED) is 0.500. The number of ether oxygens (including phenoxy) is 1. The molecule has 0 saturated carbocycles. The third-order valence-electron chi connectivity index (χ3n) is 5.62. The Kier molecular flexibility index (Phi) is 7.12. The van der Waals surface area contributed by atoms with Gasteiger partial charge in [-0.1, -0.05) is 17.3 Å². The molecule has 1 amide bonds. The Morgan fingerprint density at radius 2 is 1.91 bits per heavy atom. The molecule has 0 aliphatic carbocycles. The van der Waals surface area contributed by atoms with E-state index in [9.17, 15) is 4.79 Å². The highest BCUT2D eigenvalue weighted by Gasteiger charge is 2.19. The zero-order chi connectivity index (χ0) is 22.5. The molecule has 1 fully saturated rings. The minimum Gasteiger partial charge on any atom is -0.378 e. The highest BCUT2D eigenvalue weighted by atomic mass is 32.2. The molecule has 0 radical (unpaired) electrons. The van der Waals surface area contributed by atoms with Gasteiger partial charge >= 0.3 is 0 Å². The van der Waals surface area contributed by atoms with Gasteiger partial charge in [0.1, 0.15) is 10.8 Å². The van der Waals surface area contributed by atoms with Crippen LogP contribution in [0.3, 0.4) is 0 Å². The van der Waals surface area contributed by atoms with Crippen LogP contribution in [0.2, 0.25) is 0 Å². The van der Waals surface area contributed by atoms with Crippen molar-refractivity contribution in [1.82, 2.24) is 15.0 Å². The Hall–Kier alpha value is -2.84. The molecule has 4 rings (SSSR count). The van der Waals surface area contributed by atoms with Crippen LogP contribution in [0.1, 0.15) is 32.9 Å². The topological polar surface area (TPSA) is 71.7 Å². The third-order valence-corrected chi connectivity index (χ3v) is 6.65. The van der Waals surface area contributed by atoms with Gasteiger partial charge in [-0.15, -0.1) is 11.8 Å². The average molecular weight is 453 g/mol. The van der Waals surface area contributed by atoms with Crippen LogP contribution in [-0.4, -0.2) is 54.3 Å². The normalized spacial score (nSPS) is 13.9. The van der Waals surface area contributed by atoms with Crippen molar-refractivity contribution >= 4 is 23.4 Å². The lowest BCUT2D eigenvalue weighted by Gasteiger charge is -2.29. The summed E-state index contributed by atoms with van der Waals surface area (Å²) < 4.78 is 10.7. The molecule has 0 spiro atoms. The van der Waals surface area contributed by atoms with E-state index in [1.807, 2.05) is 27.0 Å². The molecule has 3 heterocycles. The van der Waals surface area contributed by atoms with Gasteiger partial charge in [-0.25, -0.2) is 4.98 Å². The first-order chi connectivity index (χ1) is 15.5. The van der Waals surface area contributed by atoms with Gasteiger partial charge in [-0.05, 0) is 43.7 Å². The molecule has 1 aliphatic heterocycles. The first-order valence-corrected chi connectivity index (χ1v) is 11.7. The number of carbonyl (C=O) groups is 1. The van der Waals surface area contributed by atoms with E-state index in [-0.39, 0.29) is 5.91 Å². The Balaban J connectivity index is 1.41. The molecular formula is C24H28N4O3S. The number of hydrogen-bond acceptors (Lipinski definition) is 7. The molecule has 1 saturated heterocycles. The molecule has 168 valence electrons. The second kappa shape index (κ2) is 10.2. The fourth-order valence-electron chi connectivity index (χ4n) is 3.70. The van der Waals surface area contributed by atoms with E-state index >= 15 is 0 Å². The van der Waals surface area contributed by atoms with Gasteiger partial charge in [0.2, 0.25) is 0 Å². The molecule has 0 unspecified atom stereocenters. The molecule has 3 aromatic rings. The summed E-state index contributed by atoms with van der Waals surface area (Å²) in [4.78, 5) is 21.7. The van der Waals surface area contributed by atoms with Crippen LogP contribution in [0.25, 0.3) is 0 Å². The zero-order valence-electron chi connectivity index (χ0n) is 18.7. The van der Waals surface area contributed by atoms with Crippen molar-refractivity contribution in [3.63, 3.8) is 0 Å². The average Bonchev–Trinajstić information content (AvgIpc) is 3.15. The van der Waals surface area contributed by atoms with Gasteiger partial charge in [0.15, 0.2) is 0 Å². The summed E-state index contributed by atoms with van der Waals surface area (Å²) in [7, 11) is 1.83. The summed E-state index contributed by atoms with van der Waals surface area (Å²) in [5.41, 5.74) is 4.81. The molecule has 7 nitrogen and oxygen atoms in total. The largest absolute Gasteiger partial charge is 0.378 e.